The van der Waals surface area contributed by atoms with E-state index in [9.17, 15) is 0 Å². The Kier molecular flexibility index (Phi) is 0.804. The van der Waals surface area contributed by atoms with Crippen LogP contribution in [0.1, 0.15) is 9.81 Å². The van der Waals surface area contributed by atoms with Crippen LogP contribution in [0.4, 0.5) is 5.13 Å². The Morgan fingerprint density at radius 1 is 2.00 bits per heavy atom. The molecule has 2 nitrogen and oxygen atoms in total. The largest absolute Gasteiger partial charge is 0.375 e. The van der Waals surface area contributed by atoms with Gasteiger partial charge in [0, 0.05) is 4.11 Å². The van der Waals surface area contributed by atoms with E-state index in [1.807, 2.05) is 0 Å². The van der Waals surface area contributed by atoms with Crippen LogP contribution in [0, 0.1) is 6.85 Å². The van der Waals surface area contributed by atoms with Gasteiger partial charge in [-0.05, 0) is 22.8 Å². The minimum atomic E-state index is -2.17. The van der Waals surface area contributed by atoms with Crippen LogP contribution in [0.2, 0.25) is 0 Å². The summed E-state index contributed by atoms with van der Waals surface area (Å²) >= 11 is 4.19. The molecule has 0 radical (unpaired) electrons. The number of hydrogen-bond donors (Lipinski definition) is 1. The van der Waals surface area contributed by atoms with Gasteiger partial charge in [0.1, 0.15) is 0 Å². The van der Waals surface area contributed by atoms with Crippen molar-refractivity contribution in [3.05, 3.63) is 9.48 Å². The van der Waals surface area contributed by atoms with Crippen molar-refractivity contribution in [2.75, 3.05) is 5.73 Å². The van der Waals surface area contributed by atoms with E-state index in [4.69, 9.17) is 9.85 Å². The summed E-state index contributed by atoms with van der Waals surface area (Å²) in [5, 5.41) is 0.267. The van der Waals surface area contributed by atoms with E-state index in [0.717, 1.165) is 11.3 Å². The Morgan fingerprint density at radius 2 is 2.75 bits per heavy atom. The fourth-order valence-corrected chi connectivity index (χ4v) is 1.37. The van der Waals surface area contributed by atoms with Crippen LogP contribution >= 0.6 is 27.3 Å². The maximum atomic E-state index is 7.02. The molecule has 0 spiro atoms. The molecule has 0 aliphatic heterocycles. The van der Waals surface area contributed by atoms with E-state index in [-0.39, 0.29) is 10.8 Å². The van der Waals surface area contributed by atoms with Gasteiger partial charge in [0.2, 0.25) is 0 Å². The third-order valence-electron chi connectivity index (χ3n) is 0.602. The van der Waals surface area contributed by atoms with Crippen LogP contribution in [0.5, 0.6) is 0 Å². The second kappa shape index (κ2) is 2.03. The molecule has 0 aromatic carbocycles. The average Bonchev–Trinajstić information content (AvgIpc) is 2.08. The van der Waals surface area contributed by atoms with E-state index in [1.54, 1.807) is 0 Å². The Bertz CT molecular complexity index is 269. The molecule has 1 aromatic rings. The Labute approximate surface area is 64.1 Å². The van der Waals surface area contributed by atoms with Gasteiger partial charge in [0.25, 0.3) is 0 Å². The van der Waals surface area contributed by atoms with Gasteiger partial charge in [-0.25, -0.2) is 4.98 Å². The highest BCUT2D eigenvalue weighted by molar-refractivity contribution is 9.11. The molecule has 8 heavy (non-hydrogen) atoms. The molecule has 4 heteroatoms. The SMILES string of the molecule is [2H]C([2H])([2H])c1nc(N)sc1Br. The molecule has 0 amide bonds. The Balaban J connectivity index is 3.13. The molecule has 2 N–H and O–H groups in total. The molecular formula is C4H5BrN2S. The first-order valence-corrected chi connectivity index (χ1v) is 3.44. The van der Waals surface area contributed by atoms with E-state index < -0.39 is 6.85 Å². The summed E-state index contributed by atoms with van der Waals surface area (Å²) in [6.07, 6.45) is 0. The highest BCUT2D eigenvalue weighted by Gasteiger charge is 1.98. The van der Waals surface area contributed by atoms with Gasteiger partial charge < -0.3 is 5.73 Å². The van der Waals surface area contributed by atoms with E-state index >= 15 is 0 Å². The maximum absolute atomic E-state index is 7.02. The van der Waals surface area contributed by atoms with Crippen LogP contribution in [-0.2, 0) is 0 Å². The lowest BCUT2D eigenvalue weighted by Crippen LogP contribution is -1.80. The fourth-order valence-electron chi connectivity index (χ4n) is 0.317. The molecule has 0 saturated heterocycles. The lowest BCUT2D eigenvalue weighted by Gasteiger charge is -1.75. The summed E-state index contributed by atoms with van der Waals surface area (Å²) in [5.74, 6) is 0. The molecule has 0 atom stereocenters. The summed E-state index contributed by atoms with van der Waals surface area (Å²) in [6.45, 7) is -2.17. The summed E-state index contributed by atoms with van der Waals surface area (Å²) < 4.78 is 21.5. The Morgan fingerprint density at radius 3 is 3.00 bits per heavy atom. The quantitative estimate of drug-likeness (QED) is 0.687. The number of nitrogens with two attached hydrogens (primary N) is 1. The number of hydrogen-bond acceptors (Lipinski definition) is 3. The van der Waals surface area contributed by atoms with Crippen molar-refractivity contribution in [3.63, 3.8) is 0 Å². The second-order valence-electron chi connectivity index (χ2n) is 1.17. The molecular weight excluding hydrogens is 188 g/mol. The van der Waals surface area contributed by atoms with Crippen LogP contribution in [0.3, 0.4) is 0 Å². The zero-order valence-corrected chi connectivity index (χ0v) is 6.21. The predicted molar refractivity (Wildman–Crippen MR) is 39.0 cm³/mol. The molecule has 44 valence electrons. The molecule has 1 rings (SSSR count). The number of anilines is 1. The van der Waals surface area contributed by atoms with Crippen LogP contribution < -0.4 is 5.73 Å². The number of halogens is 1. The first-order chi connectivity index (χ1) is 4.91. The minimum Gasteiger partial charge on any atom is -0.375 e. The minimum absolute atomic E-state index is 0.0417. The summed E-state index contributed by atoms with van der Waals surface area (Å²) in [5.41, 5.74) is 5.35. The van der Waals surface area contributed by atoms with Crippen molar-refractivity contribution in [2.24, 2.45) is 0 Å². The molecule has 1 heterocycles. The van der Waals surface area contributed by atoms with E-state index in [2.05, 4.69) is 20.9 Å². The van der Waals surface area contributed by atoms with Gasteiger partial charge in [-0.2, -0.15) is 0 Å². The standard InChI is InChI=1S/C4H5BrN2S/c1-2-3(5)8-4(6)7-2/h1H3,(H2,6,7)/i1D3. The van der Waals surface area contributed by atoms with Crippen molar-refractivity contribution in [1.29, 1.82) is 0 Å². The van der Waals surface area contributed by atoms with Gasteiger partial charge in [0.05, 0.1) is 9.48 Å². The maximum Gasteiger partial charge on any atom is 0.181 e. The van der Waals surface area contributed by atoms with E-state index in [0.29, 0.717) is 3.79 Å². The molecule has 0 aliphatic carbocycles. The highest BCUT2D eigenvalue weighted by atomic mass is 79.9. The van der Waals surface area contributed by atoms with Gasteiger partial charge in [-0.1, -0.05) is 11.3 Å². The highest BCUT2D eigenvalue weighted by Crippen LogP contribution is 2.24. The average molecular weight is 196 g/mol. The van der Waals surface area contributed by atoms with Gasteiger partial charge in [0.15, 0.2) is 5.13 Å². The lowest BCUT2D eigenvalue weighted by atomic mass is 10.6. The molecule has 0 unspecified atom stereocenters. The molecule has 0 aliphatic rings. The zero-order valence-electron chi connectivity index (χ0n) is 6.81. The van der Waals surface area contributed by atoms with Crippen molar-refractivity contribution < 1.29 is 4.11 Å². The van der Waals surface area contributed by atoms with Crippen LogP contribution in [0.25, 0.3) is 0 Å². The molecule has 0 bridgehead atoms. The van der Waals surface area contributed by atoms with Crippen LogP contribution in [0.15, 0.2) is 3.79 Å². The van der Waals surface area contributed by atoms with E-state index in [1.165, 1.54) is 0 Å². The zero-order chi connectivity index (χ0) is 8.65. The summed E-state index contributed by atoms with van der Waals surface area (Å²) in [7, 11) is 0. The number of nitrogen functional groups attached to an aromatic ring is 1. The van der Waals surface area contributed by atoms with Crippen LogP contribution in [-0.4, -0.2) is 4.98 Å². The lowest BCUT2D eigenvalue weighted by molar-refractivity contribution is 1.26. The van der Waals surface area contributed by atoms with Gasteiger partial charge in [-0.3, -0.25) is 0 Å². The Hall–Kier alpha value is -0.0900. The number of rotatable bonds is 0. The number of nitrogens with zero attached hydrogens (tertiary/aromatic N) is 1. The third-order valence-corrected chi connectivity index (χ3v) is 2.14. The third kappa shape index (κ3) is 1.00. The first-order valence-electron chi connectivity index (χ1n) is 3.33. The normalized spacial score (nSPS) is 16.9. The topological polar surface area (TPSA) is 38.9 Å². The smallest absolute Gasteiger partial charge is 0.181 e. The van der Waals surface area contributed by atoms with Gasteiger partial charge in [-0.15, -0.1) is 0 Å². The van der Waals surface area contributed by atoms with Crippen molar-refractivity contribution >= 4 is 32.4 Å². The summed E-state index contributed by atoms with van der Waals surface area (Å²) in [4.78, 5) is 3.67. The second-order valence-corrected chi connectivity index (χ2v) is 3.52. The van der Waals surface area contributed by atoms with Gasteiger partial charge >= 0.3 is 0 Å². The van der Waals surface area contributed by atoms with Crippen molar-refractivity contribution in [1.82, 2.24) is 4.98 Å². The first kappa shape index (κ1) is 3.17. The summed E-state index contributed by atoms with van der Waals surface area (Å²) in [6, 6.07) is 0. The van der Waals surface area contributed by atoms with Crippen molar-refractivity contribution in [2.45, 2.75) is 6.85 Å². The molecule has 0 saturated carbocycles. The number of thiazole rings is 1. The predicted octanol–water partition coefficient (Wildman–Crippen LogP) is 1.80. The number of aromatic nitrogens is 1. The molecule has 1 aromatic heterocycles. The molecule has 0 fully saturated rings. The number of aryl methyl sites for hydroxylation is 1. The monoisotopic (exact) mass is 195 g/mol. The fraction of sp³-hybridized carbons (Fsp3) is 0.250. The van der Waals surface area contributed by atoms with Crippen molar-refractivity contribution in [3.8, 4) is 0 Å².